The topological polar surface area (TPSA) is 61.2 Å². The number of nitrogens with zero attached hydrogens (tertiary/aromatic N) is 5. The number of benzene rings is 2. The van der Waals surface area contributed by atoms with Crippen LogP contribution in [-0.4, -0.2) is 69.6 Å². The van der Waals surface area contributed by atoms with Crippen LogP contribution in [0.15, 0.2) is 73.1 Å². The van der Waals surface area contributed by atoms with E-state index in [-0.39, 0.29) is 0 Å². The molecule has 1 saturated heterocycles. The third-order valence-corrected chi connectivity index (χ3v) is 7.63. The summed E-state index contributed by atoms with van der Waals surface area (Å²) in [6, 6.07) is 21.6. The second-order valence-corrected chi connectivity index (χ2v) is 10.1. The Kier molecular flexibility index (Phi) is 8.89. The number of hydrogen-bond acceptors (Lipinski definition) is 6. The minimum Gasteiger partial charge on any atom is -0.367 e. The van der Waals surface area contributed by atoms with Gasteiger partial charge in [0.05, 0.1) is 5.52 Å². The average molecular weight is 512 g/mol. The van der Waals surface area contributed by atoms with Crippen molar-refractivity contribution in [3.05, 3.63) is 78.6 Å². The molecule has 4 aromatic rings. The highest BCUT2D eigenvalue weighted by Gasteiger charge is 2.21. The summed E-state index contributed by atoms with van der Waals surface area (Å²) in [5.74, 6) is 1.66. The van der Waals surface area contributed by atoms with Crippen molar-refractivity contribution in [1.82, 2.24) is 24.3 Å². The summed E-state index contributed by atoms with van der Waals surface area (Å²) in [5.41, 5.74) is 3.62. The lowest BCUT2D eigenvalue weighted by Gasteiger charge is -2.33. The lowest BCUT2D eigenvalue weighted by molar-refractivity contribution is 0.211. The van der Waals surface area contributed by atoms with Gasteiger partial charge < -0.3 is 20.1 Å². The number of fused-ring (bicyclic) bond motifs is 1. The molecule has 0 radical (unpaired) electrons. The molecule has 0 unspecified atom stereocenters. The maximum Gasteiger partial charge on any atom is 0.225 e. The van der Waals surface area contributed by atoms with E-state index < -0.39 is 0 Å². The van der Waals surface area contributed by atoms with Crippen molar-refractivity contribution in [2.24, 2.45) is 0 Å². The normalized spacial score (nSPS) is 14.8. The van der Waals surface area contributed by atoms with Crippen LogP contribution in [-0.2, 0) is 6.54 Å². The van der Waals surface area contributed by atoms with Gasteiger partial charge in [0.25, 0.3) is 0 Å². The number of hydrogen-bond donors (Lipinski definition) is 2. The number of nitrogens with one attached hydrogen (secondary N) is 2. The molecule has 5 rings (SSSR count). The minimum atomic E-state index is 0.403. The van der Waals surface area contributed by atoms with Crippen LogP contribution in [0.1, 0.15) is 38.7 Å². The molecular formula is C31H41N7. The molecule has 1 fully saturated rings. The Labute approximate surface area is 226 Å². The molecule has 200 valence electrons. The number of aromatic nitrogens is 3. The van der Waals surface area contributed by atoms with Gasteiger partial charge in [0.15, 0.2) is 0 Å². The Balaban J connectivity index is 1.20. The summed E-state index contributed by atoms with van der Waals surface area (Å²) in [4.78, 5) is 14.7. The second-order valence-electron chi connectivity index (χ2n) is 10.1. The van der Waals surface area contributed by atoms with E-state index in [2.05, 4.69) is 106 Å². The summed E-state index contributed by atoms with van der Waals surface area (Å²) >= 11 is 0. The van der Waals surface area contributed by atoms with E-state index >= 15 is 0 Å². The fourth-order valence-corrected chi connectivity index (χ4v) is 5.37. The van der Waals surface area contributed by atoms with Gasteiger partial charge in [-0.3, -0.25) is 4.90 Å². The van der Waals surface area contributed by atoms with Crippen LogP contribution in [0.4, 0.5) is 11.8 Å². The van der Waals surface area contributed by atoms with Crippen LogP contribution in [0.5, 0.6) is 0 Å². The van der Waals surface area contributed by atoms with Gasteiger partial charge in [0, 0.05) is 55.7 Å². The first-order valence-corrected chi connectivity index (χ1v) is 14.2. The lowest BCUT2D eigenvalue weighted by Crippen LogP contribution is -2.39. The fraction of sp³-hybridized carbons (Fsp3) is 0.419. The van der Waals surface area contributed by atoms with Crippen molar-refractivity contribution in [2.45, 2.75) is 45.7 Å². The molecule has 7 nitrogen and oxygen atoms in total. The van der Waals surface area contributed by atoms with Gasteiger partial charge in [-0.05, 0) is 74.8 Å². The van der Waals surface area contributed by atoms with E-state index in [0.717, 1.165) is 81.8 Å². The van der Waals surface area contributed by atoms with Gasteiger partial charge in [0.1, 0.15) is 5.82 Å². The quantitative estimate of drug-likeness (QED) is 0.240. The van der Waals surface area contributed by atoms with Gasteiger partial charge >= 0.3 is 0 Å². The molecule has 2 aromatic carbocycles. The van der Waals surface area contributed by atoms with Crippen LogP contribution in [0.2, 0.25) is 0 Å². The summed E-state index contributed by atoms with van der Waals surface area (Å²) in [6.45, 7) is 11.7. The molecule has 0 amide bonds. The predicted octanol–water partition coefficient (Wildman–Crippen LogP) is 5.64. The van der Waals surface area contributed by atoms with E-state index in [4.69, 9.17) is 9.97 Å². The Bertz CT molecular complexity index is 1270. The summed E-state index contributed by atoms with van der Waals surface area (Å²) in [5, 5.41) is 8.34. The maximum absolute atomic E-state index is 4.92. The first kappa shape index (κ1) is 26.2. The molecule has 0 aliphatic carbocycles. The zero-order chi connectivity index (χ0) is 26.2. The molecule has 0 spiro atoms. The Morgan fingerprint density at radius 2 is 1.63 bits per heavy atom. The first-order chi connectivity index (χ1) is 18.7. The van der Waals surface area contributed by atoms with Crippen molar-refractivity contribution in [3.8, 4) is 5.69 Å². The summed E-state index contributed by atoms with van der Waals surface area (Å²) < 4.78 is 2.21. The number of rotatable bonds is 12. The van der Waals surface area contributed by atoms with Gasteiger partial charge in [-0.15, -0.1) is 0 Å². The predicted molar refractivity (Wildman–Crippen MR) is 158 cm³/mol. The van der Waals surface area contributed by atoms with Crippen LogP contribution >= 0.6 is 0 Å². The van der Waals surface area contributed by atoms with Crippen LogP contribution < -0.4 is 10.6 Å². The second kappa shape index (κ2) is 12.9. The monoisotopic (exact) mass is 511 g/mol. The smallest absolute Gasteiger partial charge is 0.225 e. The molecular weight excluding hydrogens is 470 g/mol. The summed E-state index contributed by atoms with van der Waals surface area (Å²) in [6.07, 6.45) is 7.50. The van der Waals surface area contributed by atoms with Gasteiger partial charge in [-0.1, -0.05) is 44.2 Å². The molecule has 2 aromatic heterocycles. The zero-order valence-corrected chi connectivity index (χ0v) is 22.8. The molecule has 2 N–H and O–H groups in total. The maximum atomic E-state index is 4.92. The average Bonchev–Trinajstić information content (AvgIpc) is 3.50. The Hall–Kier alpha value is -3.42. The van der Waals surface area contributed by atoms with Crippen molar-refractivity contribution < 1.29 is 0 Å². The molecule has 0 atom stereocenters. The molecule has 38 heavy (non-hydrogen) atoms. The Morgan fingerprint density at radius 1 is 0.895 bits per heavy atom. The highest BCUT2D eigenvalue weighted by atomic mass is 15.2. The third-order valence-electron chi connectivity index (χ3n) is 7.63. The van der Waals surface area contributed by atoms with Crippen molar-refractivity contribution >= 4 is 22.7 Å². The zero-order valence-electron chi connectivity index (χ0n) is 22.8. The van der Waals surface area contributed by atoms with Crippen LogP contribution in [0, 0.1) is 0 Å². The number of piperidine rings is 1. The molecule has 0 saturated carbocycles. The van der Waals surface area contributed by atoms with E-state index in [9.17, 15) is 0 Å². The lowest BCUT2D eigenvalue weighted by atomic mass is 10.0. The van der Waals surface area contributed by atoms with Crippen molar-refractivity contribution in [2.75, 3.05) is 49.9 Å². The summed E-state index contributed by atoms with van der Waals surface area (Å²) in [7, 11) is 0. The number of para-hydroxylation sites is 2. The highest BCUT2D eigenvalue weighted by molar-refractivity contribution is 5.90. The fourth-order valence-electron chi connectivity index (χ4n) is 5.37. The largest absolute Gasteiger partial charge is 0.367 e. The molecule has 0 bridgehead atoms. The van der Waals surface area contributed by atoms with Crippen molar-refractivity contribution in [1.29, 1.82) is 0 Å². The molecule has 1 aliphatic rings. The van der Waals surface area contributed by atoms with E-state index in [0.29, 0.717) is 12.0 Å². The van der Waals surface area contributed by atoms with Crippen LogP contribution in [0.25, 0.3) is 16.6 Å². The first-order valence-electron chi connectivity index (χ1n) is 14.2. The standard InChI is InChI=1S/C31H41N7/c1-3-36(4-2)19-11-18-32-31-34-28-14-7-6-13-27(28)30(35-31)33-26-16-22-37(23-17-26)24-25-12-5-8-15-29(25)38-20-9-10-21-38/h5-10,12-15,20-21,26H,3-4,11,16-19,22-24H2,1-2H3,(H2,32,33,34,35). The molecule has 3 heterocycles. The van der Waals surface area contributed by atoms with Crippen LogP contribution in [0.3, 0.4) is 0 Å². The molecule has 1 aliphatic heterocycles. The third kappa shape index (κ3) is 6.52. The molecule has 7 heteroatoms. The minimum absolute atomic E-state index is 0.403. The van der Waals surface area contributed by atoms with E-state index in [1.807, 2.05) is 6.07 Å². The SMILES string of the molecule is CCN(CC)CCCNc1nc(NC2CCN(Cc3ccccc3-n3cccc3)CC2)c2ccccc2n1. The van der Waals surface area contributed by atoms with Gasteiger partial charge in [-0.25, -0.2) is 4.98 Å². The number of likely N-dealkylation sites (tertiary alicyclic amines) is 1. The van der Waals surface area contributed by atoms with E-state index in [1.54, 1.807) is 0 Å². The van der Waals surface area contributed by atoms with Gasteiger partial charge in [-0.2, -0.15) is 4.98 Å². The van der Waals surface area contributed by atoms with Crippen molar-refractivity contribution in [3.63, 3.8) is 0 Å². The van der Waals surface area contributed by atoms with Gasteiger partial charge in [0.2, 0.25) is 5.95 Å². The van der Waals surface area contributed by atoms with E-state index in [1.165, 1.54) is 11.3 Å². The highest BCUT2D eigenvalue weighted by Crippen LogP contribution is 2.26. The Morgan fingerprint density at radius 3 is 2.42 bits per heavy atom. The number of anilines is 2.